The monoisotopic (exact) mass is 307 g/mol. The Bertz CT molecular complexity index is 687. The standard InChI is InChI=1S/C21H25NO/c1-3-16-7-9-17(10-8-16)13-21(23)22-15(2)19-12-11-18-5-4-6-20(18)14-19/h7-12,14-15H,3-6,13H2,1-2H3,(H,22,23)/t15-/m0/s1. The van der Waals surface area contributed by atoms with Gasteiger partial charge in [-0.2, -0.15) is 0 Å². The fraction of sp³-hybridized carbons (Fsp3) is 0.381. The maximum atomic E-state index is 12.3. The van der Waals surface area contributed by atoms with Crippen LogP contribution in [0.25, 0.3) is 0 Å². The Hall–Kier alpha value is -2.09. The maximum Gasteiger partial charge on any atom is 0.224 e. The lowest BCUT2D eigenvalue weighted by atomic mass is 10.0. The number of fused-ring (bicyclic) bond motifs is 1. The van der Waals surface area contributed by atoms with Crippen molar-refractivity contribution in [1.29, 1.82) is 0 Å². The third-order valence-electron chi connectivity index (χ3n) is 4.80. The molecule has 0 radical (unpaired) electrons. The molecule has 1 atom stereocenters. The van der Waals surface area contributed by atoms with Crippen LogP contribution in [0.4, 0.5) is 0 Å². The average molecular weight is 307 g/mol. The van der Waals surface area contributed by atoms with E-state index >= 15 is 0 Å². The SMILES string of the molecule is CCc1ccc(CC(=O)N[C@@H](C)c2ccc3c(c2)CCC3)cc1. The average Bonchev–Trinajstić information content (AvgIpc) is 3.03. The lowest BCUT2D eigenvalue weighted by Gasteiger charge is -2.16. The van der Waals surface area contributed by atoms with E-state index < -0.39 is 0 Å². The molecule has 0 fully saturated rings. The van der Waals surface area contributed by atoms with Crippen molar-refractivity contribution in [1.82, 2.24) is 5.32 Å². The smallest absolute Gasteiger partial charge is 0.224 e. The summed E-state index contributed by atoms with van der Waals surface area (Å²) in [6, 6.07) is 15.0. The van der Waals surface area contributed by atoms with Crippen LogP contribution >= 0.6 is 0 Å². The number of carbonyl (C=O) groups excluding carboxylic acids is 1. The molecule has 0 aromatic heterocycles. The van der Waals surface area contributed by atoms with E-state index in [1.165, 1.54) is 41.5 Å². The van der Waals surface area contributed by atoms with Gasteiger partial charge < -0.3 is 5.32 Å². The van der Waals surface area contributed by atoms with Crippen LogP contribution < -0.4 is 5.32 Å². The first-order valence-corrected chi connectivity index (χ1v) is 8.64. The highest BCUT2D eigenvalue weighted by atomic mass is 16.1. The number of carbonyl (C=O) groups is 1. The van der Waals surface area contributed by atoms with Crippen LogP contribution in [-0.2, 0) is 30.5 Å². The molecule has 0 saturated heterocycles. The van der Waals surface area contributed by atoms with Gasteiger partial charge in [-0.1, -0.05) is 49.4 Å². The number of rotatable bonds is 5. The van der Waals surface area contributed by atoms with E-state index in [9.17, 15) is 4.79 Å². The van der Waals surface area contributed by atoms with Crippen LogP contribution in [0.2, 0.25) is 0 Å². The molecule has 0 bridgehead atoms. The summed E-state index contributed by atoms with van der Waals surface area (Å²) in [6.07, 6.45) is 5.10. The second kappa shape index (κ2) is 6.99. The lowest BCUT2D eigenvalue weighted by molar-refractivity contribution is -0.121. The predicted molar refractivity (Wildman–Crippen MR) is 94.5 cm³/mol. The van der Waals surface area contributed by atoms with Crippen LogP contribution in [0, 0.1) is 0 Å². The Morgan fingerprint density at radius 3 is 2.48 bits per heavy atom. The molecule has 0 spiro atoms. The van der Waals surface area contributed by atoms with Gasteiger partial charge in [0.15, 0.2) is 0 Å². The van der Waals surface area contributed by atoms with Gasteiger partial charge in [0.25, 0.3) is 0 Å². The molecule has 0 aliphatic heterocycles. The van der Waals surface area contributed by atoms with Crippen molar-refractivity contribution in [2.75, 3.05) is 0 Å². The first kappa shape index (κ1) is 15.8. The summed E-state index contributed by atoms with van der Waals surface area (Å²) in [5.41, 5.74) is 6.52. The summed E-state index contributed by atoms with van der Waals surface area (Å²) in [6.45, 7) is 4.20. The molecule has 3 rings (SSSR count). The van der Waals surface area contributed by atoms with Crippen molar-refractivity contribution >= 4 is 5.91 Å². The van der Waals surface area contributed by atoms with E-state index in [-0.39, 0.29) is 11.9 Å². The van der Waals surface area contributed by atoms with E-state index in [1.807, 2.05) is 0 Å². The zero-order chi connectivity index (χ0) is 16.2. The Labute approximate surface area is 138 Å². The summed E-state index contributed by atoms with van der Waals surface area (Å²) < 4.78 is 0. The minimum Gasteiger partial charge on any atom is -0.349 e. The summed E-state index contributed by atoms with van der Waals surface area (Å²) >= 11 is 0. The van der Waals surface area contributed by atoms with Crippen molar-refractivity contribution in [2.24, 2.45) is 0 Å². The Kier molecular flexibility index (Phi) is 4.80. The van der Waals surface area contributed by atoms with Gasteiger partial charge in [0, 0.05) is 0 Å². The van der Waals surface area contributed by atoms with Crippen LogP contribution in [0.3, 0.4) is 0 Å². The van der Waals surface area contributed by atoms with Crippen LogP contribution in [0.1, 0.15) is 54.1 Å². The number of benzene rings is 2. The number of hydrogen-bond acceptors (Lipinski definition) is 1. The largest absolute Gasteiger partial charge is 0.349 e. The van der Waals surface area contributed by atoms with Gasteiger partial charge in [0.2, 0.25) is 5.91 Å². The van der Waals surface area contributed by atoms with Gasteiger partial charge in [-0.3, -0.25) is 4.79 Å². The maximum absolute atomic E-state index is 12.3. The molecule has 120 valence electrons. The summed E-state index contributed by atoms with van der Waals surface area (Å²) in [4.78, 5) is 12.3. The van der Waals surface area contributed by atoms with Crippen LogP contribution in [0.15, 0.2) is 42.5 Å². The molecular weight excluding hydrogens is 282 g/mol. The third-order valence-corrected chi connectivity index (χ3v) is 4.80. The Balaban J connectivity index is 1.60. The van der Waals surface area contributed by atoms with Crippen molar-refractivity contribution in [3.63, 3.8) is 0 Å². The lowest BCUT2D eigenvalue weighted by Crippen LogP contribution is -2.28. The minimum atomic E-state index is 0.0586. The number of nitrogens with one attached hydrogen (secondary N) is 1. The van der Waals surface area contributed by atoms with Crippen LogP contribution in [0.5, 0.6) is 0 Å². The minimum absolute atomic E-state index is 0.0586. The summed E-state index contributed by atoms with van der Waals surface area (Å²) in [7, 11) is 0. The highest BCUT2D eigenvalue weighted by Crippen LogP contribution is 2.25. The van der Waals surface area contributed by atoms with E-state index in [2.05, 4.69) is 61.6 Å². The molecule has 1 aliphatic rings. The molecule has 1 amide bonds. The van der Waals surface area contributed by atoms with E-state index in [0.29, 0.717) is 6.42 Å². The molecule has 23 heavy (non-hydrogen) atoms. The fourth-order valence-electron chi connectivity index (χ4n) is 3.32. The van der Waals surface area contributed by atoms with Crippen molar-refractivity contribution in [2.45, 2.75) is 52.0 Å². The predicted octanol–water partition coefficient (Wildman–Crippen LogP) is 4.16. The van der Waals surface area contributed by atoms with Crippen LogP contribution in [-0.4, -0.2) is 5.91 Å². The van der Waals surface area contributed by atoms with Crippen molar-refractivity contribution in [3.8, 4) is 0 Å². The number of aryl methyl sites for hydroxylation is 3. The summed E-state index contributed by atoms with van der Waals surface area (Å²) in [5, 5.41) is 3.13. The molecule has 2 nitrogen and oxygen atoms in total. The van der Waals surface area contributed by atoms with Gasteiger partial charge in [-0.25, -0.2) is 0 Å². The molecule has 2 aromatic rings. The molecule has 0 saturated carbocycles. The quantitative estimate of drug-likeness (QED) is 0.883. The molecular formula is C21H25NO. The topological polar surface area (TPSA) is 29.1 Å². The van der Waals surface area contributed by atoms with Crippen molar-refractivity contribution in [3.05, 3.63) is 70.3 Å². The first-order valence-electron chi connectivity index (χ1n) is 8.64. The zero-order valence-corrected chi connectivity index (χ0v) is 14.1. The fourth-order valence-corrected chi connectivity index (χ4v) is 3.32. The Morgan fingerprint density at radius 1 is 1.04 bits per heavy atom. The second-order valence-electron chi connectivity index (χ2n) is 6.52. The molecule has 0 unspecified atom stereocenters. The van der Waals surface area contributed by atoms with E-state index in [1.54, 1.807) is 0 Å². The van der Waals surface area contributed by atoms with Gasteiger partial charge in [0.1, 0.15) is 0 Å². The molecule has 2 heteroatoms. The number of hydrogen-bond donors (Lipinski definition) is 1. The van der Waals surface area contributed by atoms with Gasteiger partial charge in [0.05, 0.1) is 12.5 Å². The number of amides is 1. The summed E-state index contributed by atoms with van der Waals surface area (Å²) in [5.74, 6) is 0.0854. The zero-order valence-electron chi connectivity index (χ0n) is 14.1. The van der Waals surface area contributed by atoms with Gasteiger partial charge >= 0.3 is 0 Å². The highest BCUT2D eigenvalue weighted by molar-refractivity contribution is 5.79. The highest BCUT2D eigenvalue weighted by Gasteiger charge is 2.15. The first-order chi connectivity index (χ1) is 11.2. The second-order valence-corrected chi connectivity index (χ2v) is 6.52. The van der Waals surface area contributed by atoms with Gasteiger partial charge in [-0.15, -0.1) is 0 Å². The van der Waals surface area contributed by atoms with E-state index in [0.717, 1.165) is 12.0 Å². The third kappa shape index (κ3) is 3.82. The van der Waals surface area contributed by atoms with Crippen molar-refractivity contribution < 1.29 is 4.79 Å². The molecule has 1 aliphatic carbocycles. The molecule has 1 N–H and O–H groups in total. The Morgan fingerprint density at radius 2 is 1.74 bits per heavy atom. The molecule has 2 aromatic carbocycles. The normalized spacial score (nSPS) is 14.3. The molecule has 0 heterocycles. The van der Waals surface area contributed by atoms with Gasteiger partial charge in [-0.05, 0) is 60.4 Å². The van der Waals surface area contributed by atoms with E-state index in [4.69, 9.17) is 0 Å².